The molecule has 0 aromatic heterocycles. The van der Waals surface area contributed by atoms with Crippen molar-refractivity contribution in [2.45, 2.75) is 26.8 Å². The monoisotopic (exact) mass is 293 g/mol. The Morgan fingerprint density at radius 2 is 1.71 bits per heavy atom. The molecule has 1 N–H and O–H groups in total. The van der Waals surface area contributed by atoms with E-state index < -0.39 is 17.5 Å². The van der Waals surface area contributed by atoms with Gasteiger partial charge in [-0.15, -0.1) is 0 Å². The standard InChI is InChI=1S/C17H18F3N/c1-3-8-21-10-12-5-6-13(18)9-15(12)14-7-4-11(2)16(19)17(14)20/h4-7,9,21H,3,8,10H2,1-2H3. The lowest BCUT2D eigenvalue weighted by Crippen LogP contribution is -2.14. The molecule has 0 aliphatic rings. The normalized spacial score (nSPS) is 10.9. The second-order valence-electron chi connectivity index (χ2n) is 5.04. The van der Waals surface area contributed by atoms with E-state index in [9.17, 15) is 13.2 Å². The molecule has 2 aromatic carbocycles. The molecule has 0 atom stereocenters. The number of aryl methyl sites for hydroxylation is 1. The zero-order chi connectivity index (χ0) is 15.4. The van der Waals surface area contributed by atoms with Crippen LogP contribution in [0.1, 0.15) is 24.5 Å². The molecule has 4 heteroatoms. The van der Waals surface area contributed by atoms with E-state index in [0.717, 1.165) is 18.5 Å². The Hall–Kier alpha value is -1.81. The Labute approximate surface area is 122 Å². The minimum Gasteiger partial charge on any atom is -0.313 e. The number of halogens is 3. The van der Waals surface area contributed by atoms with E-state index in [-0.39, 0.29) is 11.1 Å². The lowest BCUT2D eigenvalue weighted by atomic mass is 9.97. The van der Waals surface area contributed by atoms with Crippen LogP contribution < -0.4 is 5.32 Å². The van der Waals surface area contributed by atoms with Crippen molar-refractivity contribution in [3.05, 3.63) is 58.9 Å². The summed E-state index contributed by atoms with van der Waals surface area (Å²) < 4.78 is 41.4. The number of hydrogen-bond acceptors (Lipinski definition) is 1. The second-order valence-corrected chi connectivity index (χ2v) is 5.04. The fourth-order valence-electron chi connectivity index (χ4n) is 2.21. The summed E-state index contributed by atoms with van der Waals surface area (Å²) in [5.74, 6) is -2.29. The molecule has 0 radical (unpaired) electrons. The van der Waals surface area contributed by atoms with Crippen molar-refractivity contribution in [1.29, 1.82) is 0 Å². The van der Waals surface area contributed by atoms with E-state index in [2.05, 4.69) is 5.32 Å². The Kier molecular flexibility index (Phi) is 5.02. The van der Waals surface area contributed by atoms with Crippen LogP contribution in [0.5, 0.6) is 0 Å². The van der Waals surface area contributed by atoms with Gasteiger partial charge < -0.3 is 5.32 Å². The molecule has 0 amide bonds. The van der Waals surface area contributed by atoms with Crippen molar-refractivity contribution in [3.8, 4) is 11.1 Å². The largest absolute Gasteiger partial charge is 0.313 e. The molecule has 0 bridgehead atoms. The third-order valence-electron chi connectivity index (χ3n) is 3.38. The number of hydrogen-bond donors (Lipinski definition) is 1. The average molecular weight is 293 g/mol. The fourth-order valence-corrected chi connectivity index (χ4v) is 2.21. The van der Waals surface area contributed by atoms with Gasteiger partial charge in [0.1, 0.15) is 5.82 Å². The summed E-state index contributed by atoms with van der Waals surface area (Å²) in [4.78, 5) is 0. The van der Waals surface area contributed by atoms with Crippen LogP contribution in [-0.4, -0.2) is 6.54 Å². The molecule has 21 heavy (non-hydrogen) atoms. The highest BCUT2D eigenvalue weighted by atomic mass is 19.2. The zero-order valence-corrected chi connectivity index (χ0v) is 12.1. The van der Waals surface area contributed by atoms with E-state index in [1.807, 2.05) is 6.92 Å². The predicted octanol–water partition coefficient (Wildman–Crippen LogP) is 4.58. The highest BCUT2D eigenvalue weighted by Gasteiger charge is 2.15. The molecule has 0 heterocycles. The SMILES string of the molecule is CCCNCc1ccc(F)cc1-c1ccc(C)c(F)c1F. The van der Waals surface area contributed by atoms with Crippen molar-refractivity contribution >= 4 is 0 Å². The van der Waals surface area contributed by atoms with Gasteiger partial charge >= 0.3 is 0 Å². The third-order valence-corrected chi connectivity index (χ3v) is 3.38. The van der Waals surface area contributed by atoms with Crippen molar-refractivity contribution in [2.75, 3.05) is 6.54 Å². The van der Waals surface area contributed by atoms with E-state index in [1.165, 1.54) is 31.2 Å². The lowest BCUT2D eigenvalue weighted by Gasteiger charge is -2.13. The van der Waals surface area contributed by atoms with Crippen LogP contribution in [-0.2, 0) is 6.54 Å². The second kappa shape index (κ2) is 6.76. The molecule has 0 aliphatic heterocycles. The molecular formula is C17H18F3N. The maximum atomic E-state index is 14.1. The van der Waals surface area contributed by atoms with Gasteiger partial charge in [0.25, 0.3) is 0 Å². The maximum Gasteiger partial charge on any atom is 0.166 e. The van der Waals surface area contributed by atoms with E-state index in [0.29, 0.717) is 12.1 Å². The van der Waals surface area contributed by atoms with Crippen LogP contribution >= 0.6 is 0 Å². The Morgan fingerprint density at radius 1 is 0.952 bits per heavy atom. The maximum absolute atomic E-state index is 14.1. The van der Waals surface area contributed by atoms with Crippen molar-refractivity contribution in [1.82, 2.24) is 5.32 Å². The van der Waals surface area contributed by atoms with E-state index in [4.69, 9.17) is 0 Å². The van der Waals surface area contributed by atoms with Crippen molar-refractivity contribution in [3.63, 3.8) is 0 Å². The smallest absolute Gasteiger partial charge is 0.166 e. The molecule has 2 rings (SSSR count). The first-order valence-corrected chi connectivity index (χ1v) is 6.98. The molecule has 112 valence electrons. The van der Waals surface area contributed by atoms with Gasteiger partial charge in [0, 0.05) is 12.1 Å². The number of rotatable bonds is 5. The Bertz CT molecular complexity index is 638. The number of nitrogens with one attached hydrogen (secondary N) is 1. The van der Waals surface area contributed by atoms with E-state index in [1.54, 1.807) is 6.07 Å². The van der Waals surface area contributed by atoms with Crippen LogP contribution in [0.2, 0.25) is 0 Å². The van der Waals surface area contributed by atoms with Crippen molar-refractivity contribution in [2.24, 2.45) is 0 Å². The Balaban J connectivity index is 2.47. The fraction of sp³-hybridized carbons (Fsp3) is 0.294. The van der Waals surface area contributed by atoms with Gasteiger partial charge in [-0.05, 0) is 48.7 Å². The average Bonchev–Trinajstić information content (AvgIpc) is 2.47. The Morgan fingerprint density at radius 3 is 2.43 bits per heavy atom. The third kappa shape index (κ3) is 3.45. The lowest BCUT2D eigenvalue weighted by molar-refractivity contribution is 0.505. The molecule has 0 spiro atoms. The molecule has 0 unspecified atom stereocenters. The molecule has 0 fully saturated rings. The molecule has 1 nitrogen and oxygen atoms in total. The van der Waals surface area contributed by atoms with Gasteiger partial charge in [-0.25, -0.2) is 13.2 Å². The predicted molar refractivity (Wildman–Crippen MR) is 78.5 cm³/mol. The summed E-state index contributed by atoms with van der Waals surface area (Å²) in [6.45, 7) is 4.82. The summed E-state index contributed by atoms with van der Waals surface area (Å²) >= 11 is 0. The van der Waals surface area contributed by atoms with Gasteiger partial charge in [-0.2, -0.15) is 0 Å². The quantitative estimate of drug-likeness (QED) is 0.796. The van der Waals surface area contributed by atoms with Crippen LogP contribution in [0.25, 0.3) is 11.1 Å². The molecule has 0 saturated heterocycles. The van der Waals surface area contributed by atoms with Gasteiger partial charge in [-0.1, -0.05) is 25.1 Å². The molecular weight excluding hydrogens is 275 g/mol. The van der Waals surface area contributed by atoms with Crippen LogP contribution in [0.3, 0.4) is 0 Å². The van der Waals surface area contributed by atoms with E-state index >= 15 is 0 Å². The van der Waals surface area contributed by atoms with Gasteiger partial charge in [0.05, 0.1) is 0 Å². The molecule has 0 aliphatic carbocycles. The van der Waals surface area contributed by atoms with Crippen LogP contribution in [0.15, 0.2) is 30.3 Å². The van der Waals surface area contributed by atoms with Crippen molar-refractivity contribution < 1.29 is 13.2 Å². The summed E-state index contributed by atoms with van der Waals surface area (Å²) in [5, 5.41) is 3.19. The summed E-state index contributed by atoms with van der Waals surface area (Å²) in [6, 6.07) is 7.17. The number of benzene rings is 2. The highest BCUT2D eigenvalue weighted by molar-refractivity contribution is 5.68. The minimum atomic E-state index is -0.933. The van der Waals surface area contributed by atoms with Gasteiger partial charge in [-0.3, -0.25) is 0 Å². The van der Waals surface area contributed by atoms with Crippen LogP contribution in [0.4, 0.5) is 13.2 Å². The first kappa shape index (κ1) is 15.6. The summed E-state index contributed by atoms with van der Waals surface area (Å²) in [5.41, 5.74) is 1.45. The van der Waals surface area contributed by atoms with Crippen LogP contribution in [0, 0.1) is 24.4 Å². The minimum absolute atomic E-state index is 0.0888. The van der Waals surface area contributed by atoms with Gasteiger partial charge in [0.2, 0.25) is 0 Å². The summed E-state index contributed by atoms with van der Waals surface area (Å²) in [6.07, 6.45) is 0.962. The topological polar surface area (TPSA) is 12.0 Å². The first-order valence-electron chi connectivity index (χ1n) is 6.98. The summed E-state index contributed by atoms with van der Waals surface area (Å²) in [7, 11) is 0. The molecule has 0 saturated carbocycles. The highest BCUT2D eigenvalue weighted by Crippen LogP contribution is 2.29. The zero-order valence-electron chi connectivity index (χ0n) is 12.1. The first-order chi connectivity index (χ1) is 10.0. The molecule has 2 aromatic rings. The van der Waals surface area contributed by atoms with Gasteiger partial charge in [0.15, 0.2) is 11.6 Å².